The fourth-order valence-corrected chi connectivity index (χ4v) is 6.54. The third-order valence-electron chi connectivity index (χ3n) is 8.70. The maximum absolute atomic E-state index is 13.9. The lowest BCUT2D eigenvalue weighted by Crippen LogP contribution is -2.60. The van der Waals surface area contributed by atoms with Gasteiger partial charge in [-0.3, -0.25) is 4.79 Å². The Hall–Kier alpha value is -2.37. The molecule has 1 saturated carbocycles. The van der Waals surface area contributed by atoms with Crippen molar-refractivity contribution in [2.24, 2.45) is 5.92 Å². The fourth-order valence-electron chi connectivity index (χ4n) is 6.54. The van der Waals surface area contributed by atoms with Crippen molar-refractivity contribution in [1.29, 1.82) is 0 Å². The van der Waals surface area contributed by atoms with Gasteiger partial charge in [-0.05, 0) is 42.5 Å². The van der Waals surface area contributed by atoms with Gasteiger partial charge in [-0.1, -0.05) is 62.2 Å². The number of phenols is 1. The van der Waals surface area contributed by atoms with Gasteiger partial charge in [-0.15, -0.1) is 0 Å². The quantitative estimate of drug-likeness (QED) is 0.505. The van der Waals surface area contributed by atoms with E-state index in [4.69, 9.17) is 0 Å². The molecule has 2 unspecified atom stereocenters. The molecule has 0 aromatic heterocycles. The highest BCUT2D eigenvalue weighted by Crippen LogP contribution is 2.42. The second-order valence-corrected chi connectivity index (χ2v) is 11.0. The van der Waals surface area contributed by atoms with Gasteiger partial charge in [0, 0.05) is 38.3 Å². The van der Waals surface area contributed by atoms with Crippen molar-refractivity contribution < 1.29 is 19.5 Å². The van der Waals surface area contributed by atoms with Crippen LogP contribution in [0.3, 0.4) is 0 Å². The molecule has 1 aliphatic carbocycles. The lowest BCUT2D eigenvalue weighted by Gasteiger charge is -2.47. The number of amides is 1. The van der Waals surface area contributed by atoms with Gasteiger partial charge in [-0.25, -0.2) is 0 Å². The summed E-state index contributed by atoms with van der Waals surface area (Å²) in [5, 5.41) is 21.5. The summed E-state index contributed by atoms with van der Waals surface area (Å²) < 4.78 is 1.00. The molecule has 190 valence electrons. The molecule has 2 fully saturated rings. The highest BCUT2D eigenvalue weighted by molar-refractivity contribution is 5.87. The minimum Gasteiger partial charge on any atom is -0.508 e. The molecule has 1 saturated heterocycles. The van der Waals surface area contributed by atoms with Gasteiger partial charge in [0.2, 0.25) is 0 Å². The van der Waals surface area contributed by atoms with Crippen molar-refractivity contribution in [3.05, 3.63) is 65.7 Å². The van der Waals surface area contributed by atoms with Crippen LogP contribution in [0.1, 0.15) is 63.0 Å². The van der Waals surface area contributed by atoms with Crippen LogP contribution >= 0.6 is 0 Å². The topological polar surface area (TPSA) is 60.8 Å². The van der Waals surface area contributed by atoms with Gasteiger partial charge in [0.05, 0.1) is 26.2 Å². The van der Waals surface area contributed by atoms with Crippen LogP contribution < -0.4 is 0 Å². The van der Waals surface area contributed by atoms with Crippen molar-refractivity contribution in [3.63, 3.8) is 0 Å². The Kier molecular flexibility index (Phi) is 8.18. The number of carbonyl (C=O) groups excluding carboxylic acids is 1. The van der Waals surface area contributed by atoms with Crippen LogP contribution in [0, 0.1) is 5.92 Å². The summed E-state index contributed by atoms with van der Waals surface area (Å²) in [6.07, 6.45) is 8.03. The van der Waals surface area contributed by atoms with Gasteiger partial charge in [0.15, 0.2) is 5.60 Å². The van der Waals surface area contributed by atoms with E-state index in [1.54, 1.807) is 12.1 Å². The Morgan fingerprint density at radius 1 is 0.971 bits per heavy atom. The predicted molar refractivity (Wildman–Crippen MR) is 140 cm³/mol. The van der Waals surface area contributed by atoms with Crippen molar-refractivity contribution in [2.75, 3.05) is 33.2 Å². The summed E-state index contributed by atoms with van der Waals surface area (Å²) in [4.78, 5) is 15.8. The predicted octanol–water partition coefficient (Wildman–Crippen LogP) is 4.86. The molecule has 2 aromatic carbocycles. The number of rotatable bonds is 9. The van der Waals surface area contributed by atoms with Crippen molar-refractivity contribution >= 4 is 5.91 Å². The number of hydrogen-bond donors (Lipinski definition) is 2. The standard InChI is InChI=1S/C30H42N2O3/c1-3-22-32(2,23-19-24-13-15-28(33)16-14-24)27-17-20-31(21-18-27)29(34)30(35,26-11-7-8-12-26)25-9-5-4-6-10-25/h4-6,9-10,13-16,26-27,35H,3,7-8,11-12,17-23H2,1-2H3/p+1. The Morgan fingerprint density at radius 2 is 1.60 bits per heavy atom. The number of aliphatic hydroxyl groups is 1. The van der Waals surface area contributed by atoms with E-state index in [1.807, 2.05) is 47.4 Å². The number of aromatic hydroxyl groups is 1. The fraction of sp³-hybridized carbons (Fsp3) is 0.567. The van der Waals surface area contributed by atoms with E-state index in [2.05, 4.69) is 14.0 Å². The summed E-state index contributed by atoms with van der Waals surface area (Å²) in [6, 6.07) is 17.7. The van der Waals surface area contributed by atoms with Gasteiger partial charge in [0.1, 0.15) is 5.75 Å². The smallest absolute Gasteiger partial charge is 0.259 e. The molecule has 0 radical (unpaired) electrons. The van der Waals surface area contributed by atoms with Crippen LogP contribution in [0.2, 0.25) is 0 Å². The second-order valence-electron chi connectivity index (χ2n) is 11.0. The number of likely N-dealkylation sites (tertiary alicyclic amines) is 1. The molecule has 1 amide bonds. The van der Waals surface area contributed by atoms with Crippen LogP contribution in [0.5, 0.6) is 5.75 Å². The summed E-state index contributed by atoms with van der Waals surface area (Å²) in [5.41, 5.74) is 0.588. The maximum Gasteiger partial charge on any atom is 0.259 e. The Balaban J connectivity index is 1.44. The molecular weight excluding hydrogens is 436 g/mol. The molecule has 2 atom stereocenters. The summed E-state index contributed by atoms with van der Waals surface area (Å²) >= 11 is 0. The number of nitrogens with zero attached hydrogens (tertiary/aromatic N) is 2. The highest BCUT2D eigenvalue weighted by Gasteiger charge is 2.49. The number of benzene rings is 2. The van der Waals surface area contributed by atoms with E-state index in [-0.39, 0.29) is 11.8 Å². The van der Waals surface area contributed by atoms with Gasteiger partial charge in [-0.2, -0.15) is 0 Å². The molecule has 2 N–H and O–H groups in total. The molecule has 35 heavy (non-hydrogen) atoms. The number of carbonyl (C=O) groups is 1. The third-order valence-corrected chi connectivity index (χ3v) is 8.70. The number of quaternary nitrogens is 1. The number of hydrogen-bond acceptors (Lipinski definition) is 3. The maximum atomic E-state index is 13.9. The largest absolute Gasteiger partial charge is 0.508 e. The zero-order valence-corrected chi connectivity index (χ0v) is 21.5. The molecular formula is C30H43N2O3+. The molecule has 5 nitrogen and oxygen atoms in total. The second kappa shape index (κ2) is 11.1. The zero-order valence-electron chi connectivity index (χ0n) is 21.5. The molecule has 0 spiro atoms. The monoisotopic (exact) mass is 479 g/mol. The Bertz CT molecular complexity index is 949. The number of likely N-dealkylation sites (N-methyl/N-ethyl adjacent to an activating group) is 1. The Labute approximate surface area is 211 Å². The molecule has 5 heteroatoms. The summed E-state index contributed by atoms with van der Waals surface area (Å²) in [6.45, 7) is 5.83. The molecule has 0 bridgehead atoms. The lowest BCUT2D eigenvalue weighted by molar-refractivity contribution is -0.934. The summed E-state index contributed by atoms with van der Waals surface area (Å²) in [5.74, 6) is 0.217. The number of phenolic OH excluding ortho intramolecular Hbond substituents is 1. The zero-order chi connectivity index (χ0) is 24.9. The van der Waals surface area contributed by atoms with Gasteiger partial charge < -0.3 is 19.6 Å². The van der Waals surface area contributed by atoms with E-state index in [0.29, 0.717) is 24.9 Å². The Morgan fingerprint density at radius 3 is 2.20 bits per heavy atom. The minimum absolute atomic E-state index is 0.00145. The first-order chi connectivity index (χ1) is 16.9. The van der Waals surface area contributed by atoms with E-state index in [9.17, 15) is 15.0 Å². The average Bonchev–Trinajstić information content (AvgIpc) is 3.44. The van der Waals surface area contributed by atoms with Crippen LogP contribution in [0.25, 0.3) is 0 Å². The first-order valence-electron chi connectivity index (χ1n) is 13.6. The van der Waals surface area contributed by atoms with E-state index < -0.39 is 5.60 Å². The average molecular weight is 480 g/mol. The molecule has 4 rings (SSSR count). The van der Waals surface area contributed by atoms with E-state index >= 15 is 0 Å². The van der Waals surface area contributed by atoms with Crippen molar-refractivity contribution in [1.82, 2.24) is 4.90 Å². The number of piperidine rings is 1. The van der Waals surface area contributed by atoms with E-state index in [0.717, 1.165) is 74.5 Å². The van der Waals surface area contributed by atoms with Crippen molar-refractivity contribution in [2.45, 2.75) is 69.9 Å². The minimum atomic E-state index is -1.41. The first-order valence-corrected chi connectivity index (χ1v) is 13.6. The normalized spacial score (nSPS) is 20.9. The highest BCUT2D eigenvalue weighted by atomic mass is 16.3. The molecule has 2 aromatic rings. The van der Waals surface area contributed by atoms with Crippen molar-refractivity contribution in [3.8, 4) is 5.75 Å². The van der Waals surface area contributed by atoms with Crippen LogP contribution in [0.15, 0.2) is 54.6 Å². The van der Waals surface area contributed by atoms with Crippen LogP contribution in [-0.4, -0.2) is 64.8 Å². The molecule has 1 aliphatic heterocycles. The van der Waals surface area contributed by atoms with Crippen LogP contribution in [0.4, 0.5) is 0 Å². The van der Waals surface area contributed by atoms with Crippen LogP contribution in [-0.2, 0) is 16.8 Å². The van der Waals surface area contributed by atoms with Gasteiger partial charge in [0.25, 0.3) is 5.91 Å². The first kappa shape index (κ1) is 25.7. The summed E-state index contributed by atoms with van der Waals surface area (Å²) in [7, 11) is 2.37. The molecule has 1 heterocycles. The third kappa shape index (κ3) is 5.57. The van der Waals surface area contributed by atoms with Gasteiger partial charge >= 0.3 is 0 Å². The SMILES string of the molecule is CCC[N+](C)(CCc1ccc(O)cc1)C1CCN(C(=O)C(O)(c2ccccc2)C2CCCC2)CC1. The lowest BCUT2D eigenvalue weighted by atomic mass is 9.78. The molecule has 2 aliphatic rings. The van der Waals surface area contributed by atoms with E-state index in [1.165, 1.54) is 5.56 Å².